The van der Waals surface area contributed by atoms with Gasteiger partial charge < -0.3 is 5.32 Å². The van der Waals surface area contributed by atoms with Gasteiger partial charge in [-0.1, -0.05) is 72.0 Å². The Bertz CT molecular complexity index is 1060. The second kappa shape index (κ2) is 9.65. The van der Waals surface area contributed by atoms with Crippen molar-refractivity contribution in [3.63, 3.8) is 0 Å². The van der Waals surface area contributed by atoms with Gasteiger partial charge in [0.1, 0.15) is 5.82 Å². The zero-order valence-electron chi connectivity index (χ0n) is 17.3. The van der Waals surface area contributed by atoms with Gasteiger partial charge in [0.15, 0.2) is 5.13 Å². The number of hydrogen-bond acceptors (Lipinski definition) is 5. The summed E-state index contributed by atoms with van der Waals surface area (Å²) in [6.07, 6.45) is 3.77. The van der Waals surface area contributed by atoms with Gasteiger partial charge in [-0.3, -0.25) is 4.90 Å². The Morgan fingerprint density at radius 3 is 2.30 bits per heavy atom. The van der Waals surface area contributed by atoms with Gasteiger partial charge in [-0.2, -0.15) is 0 Å². The molecule has 4 nitrogen and oxygen atoms in total. The van der Waals surface area contributed by atoms with Gasteiger partial charge in [-0.25, -0.2) is 9.97 Å². The minimum absolute atomic E-state index is 0.446. The van der Waals surface area contributed by atoms with Crippen molar-refractivity contribution < 1.29 is 0 Å². The number of thiazole rings is 1. The van der Waals surface area contributed by atoms with E-state index in [0.717, 1.165) is 28.9 Å². The highest BCUT2D eigenvalue weighted by Gasteiger charge is 2.12. The first-order valence-corrected chi connectivity index (χ1v) is 11.0. The van der Waals surface area contributed by atoms with Gasteiger partial charge in [0.25, 0.3) is 0 Å². The summed E-state index contributed by atoms with van der Waals surface area (Å²) in [6, 6.07) is 25.6. The Kier molecular flexibility index (Phi) is 6.52. The van der Waals surface area contributed by atoms with Gasteiger partial charge in [0.05, 0.1) is 4.88 Å². The molecule has 2 aromatic heterocycles. The Labute approximate surface area is 182 Å². The summed E-state index contributed by atoms with van der Waals surface area (Å²) in [6.45, 7) is 6.28. The second-order valence-electron chi connectivity index (χ2n) is 7.55. The van der Waals surface area contributed by atoms with Crippen LogP contribution >= 0.6 is 11.3 Å². The molecule has 0 unspecified atom stereocenters. The van der Waals surface area contributed by atoms with Gasteiger partial charge >= 0.3 is 0 Å². The molecule has 152 valence electrons. The molecule has 2 heterocycles. The summed E-state index contributed by atoms with van der Waals surface area (Å²) in [5.41, 5.74) is 3.74. The predicted molar refractivity (Wildman–Crippen MR) is 126 cm³/mol. The molecule has 5 heteroatoms. The molecule has 2 aromatic carbocycles. The average molecular weight is 415 g/mol. The van der Waals surface area contributed by atoms with Crippen LogP contribution in [0.2, 0.25) is 0 Å². The monoisotopic (exact) mass is 414 g/mol. The Morgan fingerprint density at radius 2 is 1.57 bits per heavy atom. The predicted octanol–water partition coefficient (Wildman–Crippen LogP) is 6.36. The van der Waals surface area contributed by atoms with Crippen molar-refractivity contribution in [2.24, 2.45) is 0 Å². The molecule has 0 fully saturated rings. The smallest absolute Gasteiger partial charge is 0.188 e. The lowest BCUT2D eigenvalue weighted by molar-refractivity contribution is 0.203. The summed E-state index contributed by atoms with van der Waals surface area (Å²) in [7, 11) is 0. The van der Waals surface area contributed by atoms with Crippen LogP contribution in [0.4, 0.5) is 10.9 Å². The van der Waals surface area contributed by atoms with Crippen molar-refractivity contribution in [3.05, 3.63) is 96.3 Å². The number of nitrogens with one attached hydrogen (secondary N) is 1. The number of aromatic nitrogens is 2. The highest BCUT2D eigenvalue weighted by atomic mass is 32.1. The maximum Gasteiger partial charge on any atom is 0.188 e. The largest absolute Gasteiger partial charge is 0.316 e. The fourth-order valence-corrected chi connectivity index (χ4v) is 4.12. The van der Waals surface area contributed by atoms with E-state index in [1.54, 1.807) is 11.3 Å². The molecule has 30 heavy (non-hydrogen) atoms. The molecule has 0 saturated carbocycles. The van der Waals surface area contributed by atoms with Gasteiger partial charge in [0.2, 0.25) is 0 Å². The molecule has 4 aromatic rings. The summed E-state index contributed by atoms with van der Waals surface area (Å²) in [5.74, 6) is 0.824. The van der Waals surface area contributed by atoms with Crippen LogP contribution in [-0.4, -0.2) is 20.9 Å². The molecule has 0 radical (unpaired) electrons. The van der Waals surface area contributed by atoms with Crippen LogP contribution in [0.5, 0.6) is 0 Å². The van der Waals surface area contributed by atoms with Crippen molar-refractivity contribution in [1.82, 2.24) is 14.9 Å². The Morgan fingerprint density at radius 1 is 0.867 bits per heavy atom. The van der Waals surface area contributed by atoms with E-state index in [1.165, 1.54) is 16.7 Å². The third kappa shape index (κ3) is 5.32. The maximum absolute atomic E-state index is 4.52. The SMILES string of the molecule is CC(C)N(Cc1ccccc1)Cc1ccnc(Nc2ncc(-c3ccccc3)s2)c1. The summed E-state index contributed by atoms with van der Waals surface area (Å²) in [5, 5.41) is 4.21. The van der Waals surface area contributed by atoms with E-state index in [9.17, 15) is 0 Å². The molecule has 0 aliphatic heterocycles. The molecule has 1 N–H and O–H groups in total. The fraction of sp³-hybridized carbons (Fsp3) is 0.200. The lowest BCUT2D eigenvalue weighted by Crippen LogP contribution is -2.29. The molecule has 0 atom stereocenters. The van der Waals surface area contributed by atoms with Crippen LogP contribution in [0, 0.1) is 0 Å². The van der Waals surface area contributed by atoms with Crippen molar-refractivity contribution in [2.45, 2.75) is 33.0 Å². The minimum Gasteiger partial charge on any atom is -0.316 e. The Balaban J connectivity index is 1.45. The van der Waals surface area contributed by atoms with E-state index >= 15 is 0 Å². The highest BCUT2D eigenvalue weighted by molar-refractivity contribution is 7.18. The number of benzene rings is 2. The molecule has 0 amide bonds. The van der Waals surface area contributed by atoms with Gasteiger partial charge in [0, 0.05) is 31.5 Å². The average Bonchev–Trinajstić information content (AvgIpc) is 3.23. The zero-order chi connectivity index (χ0) is 20.8. The van der Waals surface area contributed by atoms with E-state index in [0.29, 0.717) is 6.04 Å². The standard InChI is InChI=1S/C25H26N4S/c1-19(2)29(17-20-9-5-3-6-10-20)18-21-13-14-26-24(15-21)28-25-27-16-23(30-25)22-11-7-4-8-12-22/h3-16,19H,17-18H2,1-2H3,(H,26,27,28). The minimum atomic E-state index is 0.446. The molecular weight excluding hydrogens is 388 g/mol. The van der Waals surface area contributed by atoms with E-state index < -0.39 is 0 Å². The van der Waals surface area contributed by atoms with Crippen LogP contribution in [0.25, 0.3) is 10.4 Å². The molecule has 0 saturated heterocycles. The normalized spacial score (nSPS) is 11.2. The number of nitrogens with zero attached hydrogens (tertiary/aromatic N) is 3. The summed E-state index contributed by atoms with van der Waals surface area (Å²) < 4.78 is 0. The third-order valence-corrected chi connectivity index (χ3v) is 5.93. The van der Waals surface area contributed by atoms with E-state index in [-0.39, 0.29) is 0 Å². The lowest BCUT2D eigenvalue weighted by Gasteiger charge is -2.26. The number of anilines is 2. The van der Waals surface area contributed by atoms with Crippen molar-refractivity contribution in [2.75, 3.05) is 5.32 Å². The van der Waals surface area contributed by atoms with Crippen LogP contribution in [0.15, 0.2) is 85.2 Å². The summed E-state index contributed by atoms with van der Waals surface area (Å²) >= 11 is 1.63. The molecular formula is C25H26N4S. The van der Waals surface area contributed by atoms with E-state index in [1.807, 2.05) is 30.6 Å². The number of rotatable bonds is 8. The zero-order valence-corrected chi connectivity index (χ0v) is 18.1. The molecule has 0 aliphatic rings. The second-order valence-corrected chi connectivity index (χ2v) is 8.58. The number of pyridine rings is 1. The summed E-state index contributed by atoms with van der Waals surface area (Å²) in [4.78, 5) is 12.6. The quantitative estimate of drug-likeness (QED) is 0.364. The highest BCUT2D eigenvalue weighted by Crippen LogP contribution is 2.30. The van der Waals surface area contributed by atoms with Crippen LogP contribution in [0.1, 0.15) is 25.0 Å². The van der Waals surface area contributed by atoms with Gasteiger partial charge in [-0.15, -0.1) is 0 Å². The third-order valence-electron chi connectivity index (χ3n) is 4.97. The molecule has 0 bridgehead atoms. The van der Waals surface area contributed by atoms with Crippen LogP contribution in [-0.2, 0) is 13.1 Å². The van der Waals surface area contributed by atoms with Crippen LogP contribution < -0.4 is 5.32 Å². The van der Waals surface area contributed by atoms with Crippen molar-refractivity contribution >= 4 is 22.3 Å². The molecule has 0 spiro atoms. The van der Waals surface area contributed by atoms with Crippen molar-refractivity contribution in [1.29, 1.82) is 0 Å². The first-order chi connectivity index (χ1) is 14.7. The molecule has 0 aliphatic carbocycles. The van der Waals surface area contributed by atoms with E-state index in [2.05, 4.69) is 88.6 Å². The molecule has 4 rings (SSSR count). The van der Waals surface area contributed by atoms with E-state index in [4.69, 9.17) is 0 Å². The first kappa shape index (κ1) is 20.3. The Hall–Kier alpha value is -3.02. The lowest BCUT2D eigenvalue weighted by atomic mass is 10.1. The van der Waals surface area contributed by atoms with Crippen molar-refractivity contribution in [3.8, 4) is 10.4 Å². The topological polar surface area (TPSA) is 41.1 Å². The maximum atomic E-state index is 4.52. The number of hydrogen-bond donors (Lipinski definition) is 1. The van der Waals surface area contributed by atoms with Gasteiger partial charge in [-0.05, 0) is 42.7 Å². The first-order valence-electron chi connectivity index (χ1n) is 10.2. The fourth-order valence-electron chi connectivity index (χ4n) is 3.29. The van der Waals surface area contributed by atoms with Crippen LogP contribution in [0.3, 0.4) is 0 Å².